The van der Waals surface area contributed by atoms with Gasteiger partial charge >= 0.3 is 12.1 Å². The van der Waals surface area contributed by atoms with E-state index in [2.05, 4.69) is 10.6 Å². The molecule has 0 radical (unpaired) electrons. The lowest BCUT2D eigenvalue weighted by atomic mass is 10.7. The van der Waals surface area contributed by atoms with Crippen molar-refractivity contribution in [3.05, 3.63) is 0 Å². The Morgan fingerprint density at radius 3 is 1.50 bits per heavy atom. The molecule has 0 saturated carbocycles. The number of nitrogens with one attached hydrogen (secondary N) is 2. The van der Waals surface area contributed by atoms with Crippen LogP contribution in [0.25, 0.3) is 0 Å². The maximum Gasteiger partial charge on any atom is 0.318 e. The molecule has 6 nitrogen and oxygen atoms in total. The summed E-state index contributed by atoms with van der Waals surface area (Å²) in [4.78, 5) is 25.2. The standard InChI is InChI=1S/C7H18N4O2Si/c1-10(2)6(12)8-5(14)9-7(13)11(3)4/h5H,1-4,14H3,(H,8,12)(H,9,13). The molecule has 4 amide bonds. The Balaban J connectivity index is 3.93. The fraction of sp³-hybridized carbons (Fsp3) is 0.714. The highest BCUT2D eigenvalue weighted by molar-refractivity contribution is 6.13. The quantitative estimate of drug-likeness (QED) is 0.423. The van der Waals surface area contributed by atoms with Crippen LogP contribution in [0.4, 0.5) is 9.59 Å². The minimum Gasteiger partial charge on any atom is -0.331 e. The van der Waals surface area contributed by atoms with E-state index in [1.54, 1.807) is 28.2 Å². The Morgan fingerprint density at radius 1 is 1.00 bits per heavy atom. The third kappa shape index (κ3) is 4.70. The molecule has 0 aliphatic carbocycles. The highest BCUT2D eigenvalue weighted by atomic mass is 28.1. The minimum atomic E-state index is -0.250. The van der Waals surface area contributed by atoms with E-state index in [9.17, 15) is 9.59 Å². The molecule has 0 aromatic heterocycles. The van der Waals surface area contributed by atoms with Gasteiger partial charge in [0.2, 0.25) is 0 Å². The van der Waals surface area contributed by atoms with Crippen LogP contribution in [-0.4, -0.2) is 66.1 Å². The van der Waals surface area contributed by atoms with Gasteiger partial charge in [-0.25, -0.2) is 9.59 Å². The van der Waals surface area contributed by atoms with Gasteiger partial charge in [-0.15, -0.1) is 0 Å². The molecule has 82 valence electrons. The van der Waals surface area contributed by atoms with Gasteiger partial charge in [0.05, 0.1) is 16.0 Å². The second kappa shape index (κ2) is 5.48. The molecule has 0 aliphatic heterocycles. The number of urea groups is 2. The third-order valence-corrected chi connectivity index (χ3v) is 2.07. The van der Waals surface area contributed by atoms with Crippen LogP contribution in [0, 0.1) is 0 Å². The molecule has 0 saturated heterocycles. The van der Waals surface area contributed by atoms with E-state index >= 15 is 0 Å². The highest BCUT2D eigenvalue weighted by Crippen LogP contribution is 1.81. The van der Waals surface area contributed by atoms with Crippen molar-refractivity contribution in [2.24, 2.45) is 0 Å². The van der Waals surface area contributed by atoms with Crippen LogP contribution in [0.3, 0.4) is 0 Å². The van der Waals surface area contributed by atoms with Crippen molar-refractivity contribution in [2.45, 2.75) is 5.79 Å². The molecule has 14 heavy (non-hydrogen) atoms. The Morgan fingerprint density at radius 2 is 1.29 bits per heavy atom. The van der Waals surface area contributed by atoms with Crippen LogP contribution in [-0.2, 0) is 0 Å². The molecule has 0 aromatic carbocycles. The third-order valence-electron chi connectivity index (χ3n) is 1.49. The minimum absolute atomic E-state index is 0.205. The van der Waals surface area contributed by atoms with E-state index < -0.39 is 0 Å². The molecule has 0 aliphatic rings. The molecular weight excluding hydrogens is 200 g/mol. The molecule has 0 atom stereocenters. The molecule has 0 fully saturated rings. The number of carbonyl (C=O) groups is 2. The normalized spacial score (nSPS) is 9.79. The van der Waals surface area contributed by atoms with E-state index in [1.807, 2.05) is 0 Å². The molecule has 0 aromatic rings. The fourth-order valence-corrected chi connectivity index (χ4v) is 1.16. The zero-order valence-corrected chi connectivity index (χ0v) is 11.3. The summed E-state index contributed by atoms with van der Waals surface area (Å²) in [5.41, 5.74) is 0. The number of hydrogen-bond donors (Lipinski definition) is 2. The van der Waals surface area contributed by atoms with Crippen molar-refractivity contribution in [1.29, 1.82) is 0 Å². The highest BCUT2D eigenvalue weighted by Gasteiger charge is 2.11. The Labute approximate surface area is 87.0 Å². The van der Waals surface area contributed by atoms with Crippen LogP contribution in [0.5, 0.6) is 0 Å². The van der Waals surface area contributed by atoms with Crippen molar-refractivity contribution in [2.75, 3.05) is 28.2 Å². The summed E-state index contributed by atoms with van der Waals surface area (Å²) in [6.07, 6.45) is 0. The number of amides is 4. The first kappa shape index (κ1) is 12.8. The predicted octanol–water partition coefficient (Wildman–Crippen LogP) is -1.82. The summed E-state index contributed by atoms with van der Waals surface area (Å²) in [5.74, 6) is -0.250. The van der Waals surface area contributed by atoms with Gasteiger partial charge in [-0.3, -0.25) is 0 Å². The van der Waals surface area contributed by atoms with Gasteiger partial charge in [-0.2, -0.15) is 0 Å². The zero-order valence-electron chi connectivity index (χ0n) is 9.29. The molecule has 0 spiro atoms. The maximum absolute atomic E-state index is 11.2. The molecule has 2 N–H and O–H groups in total. The first-order chi connectivity index (χ1) is 6.34. The van der Waals surface area contributed by atoms with E-state index in [-0.39, 0.29) is 17.9 Å². The van der Waals surface area contributed by atoms with E-state index in [0.29, 0.717) is 10.2 Å². The van der Waals surface area contributed by atoms with Crippen molar-refractivity contribution in [1.82, 2.24) is 20.4 Å². The fourth-order valence-electron chi connectivity index (χ4n) is 0.665. The van der Waals surface area contributed by atoms with Crippen LogP contribution >= 0.6 is 0 Å². The zero-order chi connectivity index (χ0) is 11.3. The summed E-state index contributed by atoms with van der Waals surface area (Å²) in [5, 5.41) is 5.31. The van der Waals surface area contributed by atoms with E-state index in [1.165, 1.54) is 9.80 Å². The smallest absolute Gasteiger partial charge is 0.318 e. The molecule has 7 heteroatoms. The van der Waals surface area contributed by atoms with Gasteiger partial charge in [0.25, 0.3) is 0 Å². The second-order valence-electron chi connectivity index (χ2n) is 3.41. The van der Waals surface area contributed by atoms with Crippen molar-refractivity contribution in [3.63, 3.8) is 0 Å². The molecule has 0 heterocycles. The van der Waals surface area contributed by atoms with Gasteiger partial charge in [-0.1, -0.05) is 0 Å². The topological polar surface area (TPSA) is 64.7 Å². The van der Waals surface area contributed by atoms with Gasteiger partial charge in [0.15, 0.2) is 0 Å². The second-order valence-corrected chi connectivity index (χ2v) is 4.56. The Kier molecular flexibility index (Phi) is 4.99. The summed E-state index contributed by atoms with van der Waals surface area (Å²) in [6, 6.07) is -0.409. The number of rotatable bonds is 2. The molecule has 0 unspecified atom stereocenters. The van der Waals surface area contributed by atoms with Crippen LogP contribution in [0.2, 0.25) is 0 Å². The summed E-state index contributed by atoms with van der Waals surface area (Å²) >= 11 is 0. The average Bonchev–Trinajstić information content (AvgIpc) is 2.03. The largest absolute Gasteiger partial charge is 0.331 e. The van der Waals surface area contributed by atoms with Crippen molar-refractivity contribution >= 4 is 22.3 Å². The Bertz CT molecular complexity index is 198. The van der Waals surface area contributed by atoms with E-state index in [0.717, 1.165) is 0 Å². The lowest BCUT2D eigenvalue weighted by molar-refractivity contribution is 0.207. The molecule has 0 rings (SSSR count). The maximum atomic E-state index is 11.2. The van der Waals surface area contributed by atoms with Gasteiger partial charge in [0.1, 0.15) is 0 Å². The van der Waals surface area contributed by atoms with Gasteiger partial charge in [0, 0.05) is 28.2 Å². The monoisotopic (exact) mass is 218 g/mol. The van der Waals surface area contributed by atoms with Crippen molar-refractivity contribution in [3.8, 4) is 0 Å². The number of nitrogens with zero attached hydrogens (tertiary/aromatic N) is 2. The summed E-state index contributed by atoms with van der Waals surface area (Å²) in [6.45, 7) is 0. The molecule has 0 bridgehead atoms. The first-order valence-corrected chi connectivity index (χ1v) is 5.45. The van der Waals surface area contributed by atoms with Gasteiger partial charge < -0.3 is 20.4 Å². The lowest BCUT2D eigenvalue weighted by Crippen LogP contribution is -2.53. The van der Waals surface area contributed by atoms with Gasteiger partial charge in [-0.05, 0) is 0 Å². The SMILES string of the molecule is CN(C)C(=O)NC([SiH3])NC(=O)N(C)C. The first-order valence-electron chi connectivity index (χ1n) is 4.30. The Hall–Kier alpha value is -1.24. The van der Waals surface area contributed by atoms with Crippen LogP contribution < -0.4 is 10.6 Å². The predicted molar refractivity (Wildman–Crippen MR) is 58.2 cm³/mol. The number of hydrogen-bond acceptors (Lipinski definition) is 2. The van der Waals surface area contributed by atoms with Crippen molar-refractivity contribution < 1.29 is 9.59 Å². The summed E-state index contributed by atoms with van der Waals surface area (Å²) < 4.78 is 0. The number of carbonyl (C=O) groups excluding carboxylic acids is 2. The molecular formula is C7H18N4O2Si. The van der Waals surface area contributed by atoms with Crippen LogP contribution in [0.15, 0.2) is 0 Å². The lowest BCUT2D eigenvalue weighted by Gasteiger charge is -2.21. The summed E-state index contributed by atoms with van der Waals surface area (Å²) in [7, 11) is 7.26. The van der Waals surface area contributed by atoms with Crippen LogP contribution in [0.1, 0.15) is 0 Å². The average molecular weight is 218 g/mol. The van der Waals surface area contributed by atoms with E-state index in [4.69, 9.17) is 0 Å².